The second-order valence-corrected chi connectivity index (χ2v) is 10.2. The van der Waals surface area contributed by atoms with E-state index in [0.29, 0.717) is 6.61 Å². The Hall–Kier alpha value is -1.59. The predicted octanol–water partition coefficient (Wildman–Crippen LogP) is 6.78. The van der Waals surface area contributed by atoms with E-state index >= 15 is 0 Å². The van der Waals surface area contributed by atoms with Gasteiger partial charge in [-0.05, 0) is 18.9 Å². The van der Waals surface area contributed by atoms with E-state index in [0.717, 1.165) is 11.0 Å². The van der Waals surface area contributed by atoms with E-state index in [-0.39, 0.29) is 5.56 Å². The standard InChI is InChI=1S/C22H48NO.C7H6O3/c1-4-5-6-7-8-9-10-11-12-13-14-15-16-17-18-19-20-23(2,3)21-22-24;8-6-4-2-1-3-5(6)7(9)10/h24H,4-22H2,1-3H3;1-4,8H,(H,9,10)/q+1;/p-1. The minimum Gasteiger partial charge on any atom is -0.872 e. The van der Waals surface area contributed by atoms with Crippen molar-refractivity contribution in [2.75, 3.05) is 33.8 Å². The van der Waals surface area contributed by atoms with Crippen molar-refractivity contribution < 1.29 is 24.6 Å². The smallest absolute Gasteiger partial charge is 0.335 e. The number of likely N-dealkylation sites (N-methyl/N-ethyl adjacent to an activating group) is 1. The number of hydrogen-bond acceptors (Lipinski definition) is 3. The van der Waals surface area contributed by atoms with Crippen molar-refractivity contribution in [3.05, 3.63) is 29.8 Å². The summed E-state index contributed by atoms with van der Waals surface area (Å²) in [5.41, 5.74) is -0.178. The quantitative estimate of drug-likeness (QED) is 0.160. The Balaban J connectivity index is 0.000000896. The molecule has 0 atom stereocenters. The van der Waals surface area contributed by atoms with Crippen LogP contribution in [0.25, 0.3) is 0 Å². The van der Waals surface area contributed by atoms with E-state index in [1.165, 1.54) is 134 Å². The van der Waals surface area contributed by atoms with Crippen LogP contribution >= 0.6 is 0 Å². The number of quaternary nitrogens is 1. The van der Waals surface area contributed by atoms with Gasteiger partial charge in [0.2, 0.25) is 0 Å². The molecular weight excluding hydrogens is 426 g/mol. The van der Waals surface area contributed by atoms with E-state index in [9.17, 15) is 9.90 Å². The molecule has 0 aromatic heterocycles. The molecule has 0 bridgehead atoms. The van der Waals surface area contributed by atoms with Crippen LogP contribution in [-0.4, -0.2) is 54.5 Å². The van der Waals surface area contributed by atoms with Crippen molar-refractivity contribution in [3.8, 4) is 5.75 Å². The van der Waals surface area contributed by atoms with E-state index < -0.39 is 11.7 Å². The SMILES string of the molecule is CCCCCCCCCCCCCCCCCC[N+](C)(C)CCO.O=C(O)c1ccccc1[O-]. The van der Waals surface area contributed by atoms with Crippen LogP contribution in [0.1, 0.15) is 120 Å². The van der Waals surface area contributed by atoms with Crippen LogP contribution in [0.3, 0.4) is 0 Å². The Morgan fingerprint density at radius 2 is 1.15 bits per heavy atom. The number of rotatable bonds is 20. The number of carboxylic acids is 1. The molecule has 2 N–H and O–H groups in total. The van der Waals surface area contributed by atoms with E-state index in [2.05, 4.69) is 21.0 Å². The highest BCUT2D eigenvalue weighted by molar-refractivity contribution is 5.90. The molecule has 198 valence electrons. The molecule has 0 heterocycles. The van der Waals surface area contributed by atoms with Crippen LogP contribution in [0.15, 0.2) is 24.3 Å². The fourth-order valence-corrected chi connectivity index (χ4v) is 4.11. The number of hydrogen-bond donors (Lipinski definition) is 2. The number of carboxylic acid groups (broad SMARTS) is 1. The molecule has 1 rings (SSSR count). The Morgan fingerprint density at radius 3 is 1.50 bits per heavy atom. The van der Waals surface area contributed by atoms with Crippen molar-refractivity contribution >= 4 is 5.97 Å². The van der Waals surface area contributed by atoms with Crippen molar-refractivity contribution in [1.29, 1.82) is 0 Å². The van der Waals surface area contributed by atoms with Gasteiger partial charge in [-0.3, -0.25) is 0 Å². The van der Waals surface area contributed by atoms with Crippen LogP contribution in [0.2, 0.25) is 0 Å². The Morgan fingerprint density at radius 1 is 0.735 bits per heavy atom. The Kier molecular flexibility index (Phi) is 20.9. The number of aliphatic hydroxyl groups excluding tert-OH is 1. The molecule has 1 aromatic carbocycles. The maximum absolute atomic E-state index is 10.7. The zero-order chi connectivity index (χ0) is 25.5. The highest BCUT2D eigenvalue weighted by atomic mass is 16.4. The van der Waals surface area contributed by atoms with Gasteiger partial charge in [-0.1, -0.05) is 121 Å². The van der Waals surface area contributed by atoms with Crippen molar-refractivity contribution in [3.63, 3.8) is 0 Å². The van der Waals surface area contributed by atoms with Crippen molar-refractivity contribution in [2.45, 2.75) is 110 Å². The lowest BCUT2D eigenvalue weighted by Crippen LogP contribution is -2.42. The first kappa shape index (κ1) is 32.4. The molecule has 0 unspecified atom stereocenters. The van der Waals surface area contributed by atoms with Crippen LogP contribution < -0.4 is 5.11 Å². The van der Waals surface area contributed by atoms with Gasteiger partial charge >= 0.3 is 5.97 Å². The molecule has 0 saturated heterocycles. The maximum atomic E-state index is 10.7. The zero-order valence-electron chi connectivity index (χ0n) is 22.4. The first-order valence-corrected chi connectivity index (χ1v) is 13.8. The van der Waals surface area contributed by atoms with E-state index in [4.69, 9.17) is 10.2 Å². The van der Waals surface area contributed by atoms with Crippen molar-refractivity contribution in [1.82, 2.24) is 0 Å². The first-order valence-electron chi connectivity index (χ1n) is 13.8. The van der Waals surface area contributed by atoms with Gasteiger partial charge in [0.25, 0.3) is 0 Å². The van der Waals surface area contributed by atoms with Crippen molar-refractivity contribution in [2.24, 2.45) is 0 Å². The van der Waals surface area contributed by atoms with E-state index in [1.807, 2.05) is 0 Å². The topological polar surface area (TPSA) is 80.6 Å². The second kappa shape index (κ2) is 21.9. The van der Waals surface area contributed by atoms with Crippen LogP contribution in [-0.2, 0) is 0 Å². The highest BCUT2D eigenvalue weighted by Crippen LogP contribution is 2.14. The van der Waals surface area contributed by atoms with Gasteiger partial charge in [-0.2, -0.15) is 0 Å². The lowest BCUT2D eigenvalue weighted by atomic mass is 10.0. The van der Waals surface area contributed by atoms with Gasteiger partial charge in [-0.25, -0.2) is 4.79 Å². The molecule has 1 aromatic rings. The van der Waals surface area contributed by atoms with Crippen LogP contribution in [0, 0.1) is 0 Å². The molecule has 34 heavy (non-hydrogen) atoms. The molecule has 0 aliphatic carbocycles. The summed E-state index contributed by atoms with van der Waals surface area (Å²) in [6, 6.07) is 5.54. The molecule has 0 aliphatic heterocycles. The summed E-state index contributed by atoms with van der Waals surface area (Å²) in [6.45, 7) is 4.70. The molecule has 0 saturated carbocycles. The molecule has 0 fully saturated rings. The maximum Gasteiger partial charge on any atom is 0.335 e. The third-order valence-electron chi connectivity index (χ3n) is 6.44. The number of benzene rings is 1. The summed E-state index contributed by atoms with van der Waals surface area (Å²) in [7, 11) is 4.45. The predicted molar refractivity (Wildman–Crippen MR) is 141 cm³/mol. The van der Waals surface area contributed by atoms with Crippen LogP contribution in [0.5, 0.6) is 5.75 Å². The van der Waals surface area contributed by atoms with Crippen LogP contribution in [0.4, 0.5) is 0 Å². The minimum absolute atomic E-state index is 0.178. The molecule has 0 aliphatic rings. The number of aromatic carboxylic acids is 1. The molecule has 0 radical (unpaired) electrons. The number of nitrogens with zero attached hydrogens (tertiary/aromatic N) is 1. The van der Waals surface area contributed by atoms with Gasteiger partial charge < -0.3 is 19.8 Å². The molecule has 0 spiro atoms. The number of para-hydroxylation sites is 1. The summed E-state index contributed by atoms with van der Waals surface area (Å²) in [6.07, 6.45) is 22.9. The Labute approximate surface area is 209 Å². The summed E-state index contributed by atoms with van der Waals surface area (Å²) in [5.74, 6) is -1.62. The molecule has 0 amide bonds. The lowest BCUT2D eigenvalue weighted by molar-refractivity contribution is -0.890. The highest BCUT2D eigenvalue weighted by Gasteiger charge is 2.12. The summed E-state index contributed by atoms with van der Waals surface area (Å²) in [5, 5.41) is 28.1. The molecule has 5 heteroatoms. The monoisotopic (exact) mass is 479 g/mol. The van der Waals surface area contributed by atoms with Gasteiger partial charge in [-0.15, -0.1) is 0 Å². The van der Waals surface area contributed by atoms with Gasteiger partial charge in [0.05, 0.1) is 32.8 Å². The molecular formula is C29H53NO4. The Bertz CT molecular complexity index is 604. The van der Waals surface area contributed by atoms with E-state index in [1.54, 1.807) is 0 Å². The number of aliphatic hydroxyl groups is 1. The third kappa shape index (κ3) is 19.8. The summed E-state index contributed by atoms with van der Waals surface area (Å²) < 4.78 is 0.967. The fraction of sp³-hybridized carbons (Fsp3) is 0.759. The van der Waals surface area contributed by atoms with Gasteiger partial charge in [0.15, 0.2) is 0 Å². The normalized spacial score (nSPS) is 11.2. The largest absolute Gasteiger partial charge is 0.872 e. The zero-order valence-corrected chi connectivity index (χ0v) is 22.4. The minimum atomic E-state index is -1.18. The van der Waals surface area contributed by atoms with Gasteiger partial charge in [0.1, 0.15) is 6.54 Å². The lowest BCUT2D eigenvalue weighted by Gasteiger charge is -2.28. The summed E-state index contributed by atoms with van der Waals surface area (Å²) >= 11 is 0. The average Bonchev–Trinajstić information content (AvgIpc) is 2.79. The first-order chi connectivity index (χ1) is 16.3. The average molecular weight is 480 g/mol. The van der Waals surface area contributed by atoms with Gasteiger partial charge in [0, 0.05) is 0 Å². The third-order valence-corrected chi connectivity index (χ3v) is 6.44. The summed E-state index contributed by atoms with van der Waals surface area (Å²) in [4.78, 5) is 10.2. The fourth-order valence-electron chi connectivity index (χ4n) is 4.11. The second-order valence-electron chi connectivity index (χ2n) is 10.2. The number of carbonyl (C=O) groups is 1. The number of unbranched alkanes of at least 4 members (excludes halogenated alkanes) is 15. The molecule has 5 nitrogen and oxygen atoms in total.